The molecule has 5 rings (SSSR count). The Balaban J connectivity index is 1.55. The molecule has 0 unspecified atom stereocenters. The maximum atomic E-state index is 14.7. The number of nitrogens with zero attached hydrogens (tertiary/aromatic N) is 4. The number of hydrogen-bond acceptors (Lipinski definition) is 10. The maximum absolute atomic E-state index is 14.7. The molecule has 50 heavy (non-hydrogen) atoms. The van der Waals surface area contributed by atoms with Crippen LogP contribution in [0.4, 0.5) is 0 Å². The number of amides is 1. The Labute approximate surface area is 290 Å². The lowest BCUT2D eigenvalue weighted by atomic mass is 9.81. The first-order valence-electron chi connectivity index (χ1n) is 16.0. The predicted molar refractivity (Wildman–Crippen MR) is 187 cm³/mol. The van der Waals surface area contributed by atoms with Crippen molar-refractivity contribution in [3.8, 4) is 23.0 Å². The van der Waals surface area contributed by atoms with Crippen molar-refractivity contribution in [2.75, 3.05) is 34.5 Å². The molecule has 0 fully saturated rings. The van der Waals surface area contributed by atoms with Crippen LogP contribution in [-0.4, -0.2) is 57.0 Å². The molecule has 1 heterocycles. The van der Waals surface area contributed by atoms with E-state index in [1.165, 1.54) is 0 Å². The zero-order valence-electron chi connectivity index (χ0n) is 28.2. The van der Waals surface area contributed by atoms with Gasteiger partial charge in [-0.25, -0.2) is 10.4 Å². The molecule has 1 aliphatic rings. The molecule has 4 aromatic rings. The molecule has 0 aromatic heterocycles. The Bertz CT molecular complexity index is 1810. The highest BCUT2D eigenvalue weighted by molar-refractivity contribution is 6.01. The molecule has 13 nitrogen and oxygen atoms in total. The monoisotopic (exact) mass is 680 g/mol. The molecule has 0 aliphatic carbocycles. The zero-order valence-corrected chi connectivity index (χ0v) is 28.2. The van der Waals surface area contributed by atoms with E-state index in [-0.39, 0.29) is 32.0 Å². The van der Waals surface area contributed by atoms with Crippen LogP contribution in [0.1, 0.15) is 40.3 Å². The topological polar surface area (TPSA) is 169 Å². The van der Waals surface area contributed by atoms with Gasteiger partial charge in [0.2, 0.25) is 5.90 Å². The van der Waals surface area contributed by atoms with Crippen molar-refractivity contribution in [3.05, 3.63) is 129 Å². The van der Waals surface area contributed by atoms with Crippen LogP contribution in [0, 0.1) is 0 Å². The SMILES string of the molecule is COc1cc(OC)c(CNNC(=O)[C@@]2(Cc3ccccc3CN=[N+]=[N-])N=C(c3ccc(OCCCO)cc3)O[C@H]2c2ccccc2)c(OC)c1. The number of azide groups is 1. The summed E-state index contributed by atoms with van der Waals surface area (Å²) in [4.78, 5) is 22.7. The highest BCUT2D eigenvalue weighted by atomic mass is 16.5. The first-order chi connectivity index (χ1) is 24.5. The number of aliphatic imine (C=N–C) groups is 1. The molecule has 260 valence electrons. The second-order valence-corrected chi connectivity index (χ2v) is 11.4. The summed E-state index contributed by atoms with van der Waals surface area (Å²) in [5, 5.41) is 12.9. The van der Waals surface area contributed by atoms with Crippen LogP contribution >= 0.6 is 0 Å². The number of nitrogens with one attached hydrogen (secondary N) is 2. The summed E-state index contributed by atoms with van der Waals surface area (Å²) >= 11 is 0. The molecular formula is C37H40N6O7. The van der Waals surface area contributed by atoms with Crippen molar-refractivity contribution in [2.45, 2.75) is 37.6 Å². The third kappa shape index (κ3) is 8.09. The van der Waals surface area contributed by atoms with Gasteiger partial charge in [0, 0.05) is 48.6 Å². The Morgan fingerprint density at radius 3 is 2.26 bits per heavy atom. The lowest BCUT2D eigenvalue weighted by Crippen LogP contribution is -2.53. The first kappa shape index (κ1) is 35.6. The van der Waals surface area contributed by atoms with Crippen LogP contribution < -0.4 is 29.8 Å². The van der Waals surface area contributed by atoms with Crippen LogP contribution in [0.5, 0.6) is 23.0 Å². The lowest BCUT2D eigenvalue weighted by molar-refractivity contribution is -0.130. The molecule has 0 saturated heterocycles. The highest BCUT2D eigenvalue weighted by Crippen LogP contribution is 2.43. The fourth-order valence-corrected chi connectivity index (χ4v) is 5.77. The molecule has 3 N–H and O–H groups in total. The molecule has 0 radical (unpaired) electrons. The van der Waals surface area contributed by atoms with Gasteiger partial charge in [0.05, 0.1) is 40.0 Å². The van der Waals surface area contributed by atoms with E-state index < -0.39 is 17.6 Å². The van der Waals surface area contributed by atoms with Gasteiger partial charge in [-0.15, -0.1) is 0 Å². The molecule has 0 spiro atoms. The third-order valence-electron chi connectivity index (χ3n) is 8.30. The Kier molecular flexibility index (Phi) is 12.1. The van der Waals surface area contributed by atoms with Crippen LogP contribution in [0.15, 0.2) is 101 Å². The van der Waals surface area contributed by atoms with Crippen LogP contribution in [0.25, 0.3) is 10.4 Å². The van der Waals surface area contributed by atoms with E-state index in [0.29, 0.717) is 47.2 Å². The Morgan fingerprint density at radius 2 is 1.62 bits per heavy atom. The fraction of sp³-hybridized carbons (Fsp3) is 0.297. The first-order valence-corrected chi connectivity index (χ1v) is 16.0. The number of aliphatic hydroxyl groups is 1. The van der Waals surface area contributed by atoms with E-state index in [0.717, 1.165) is 16.7 Å². The van der Waals surface area contributed by atoms with Crippen molar-refractivity contribution in [3.63, 3.8) is 0 Å². The second kappa shape index (κ2) is 17.1. The number of benzene rings is 4. The average Bonchev–Trinajstić information content (AvgIpc) is 3.55. The minimum Gasteiger partial charge on any atom is -0.496 e. The van der Waals surface area contributed by atoms with Gasteiger partial charge >= 0.3 is 0 Å². The van der Waals surface area contributed by atoms with Gasteiger partial charge in [0.25, 0.3) is 5.91 Å². The number of hydrogen-bond donors (Lipinski definition) is 3. The van der Waals surface area contributed by atoms with Gasteiger partial charge < -0.3 is 28.8 Å². The van der Waals surface area contributed by atoms with E-state index in [1.807, 2.05) is 66.7 Å². The number of ether oxygens (including phenoxy) is 5. The molecular weight excluding hydrogens is 640 g/mol. The van der Waals surface area contributed by atoms with E-state index in [2.05, 4.69) is 20.9 Å². The van der Waals surface area contributed by atoms with Gasteiger partial charge in [-0.3, -0.25) is 10.2 Å². The van der Waals surface area contributed by atoms with Gasteiger partial charge in [0.15, 0.2) is 11.6 Å². The summed E-state index contributed by atoms with van der Waals surface area (Å²) in [6.45, 7) is 0.667. The van der Waals surface area contributed by atoms with E-state index in [4.69, 9.17) is 39.3 Å². The van der Waals surface area contributed by atoms with E-state index in [9.17, 15) is 4.79 Å². The number of hydrazine groups is 1. The molecule has 13 heteroatoms. The Morgan fingerprint density at radius 1 is 0.940 bits per heavy atom. The van der Waals surface area contributed by atoms with Crippen molar-refractivity contribution >= 4 is 11.8 Å². The lowest BCUT2D eigenvalue weighted by Gasteiger charge is -2.31. The summed E-state index contributed by atoms with van der Waals surface area (Å²) in [5.41, 5.74) is 17.1. The third-order valence-corrected chi connectivity index (χ3v) is 8.30. The number of carbonyl (C=O) groups is 1. The molecule has 0 bridgehead atoms. The summed E-state index contributed by atoms with van der Waals surface area (Å²) in [7, 11) is 4.65. The van der Waals surface area contributed by atoms with Crippen LogP contribution in [0.3, 0.4) is 0 Å². The van der Waals surface area contributed by atoms with Gasteiger partial charge in [-0.1, -0.05) is 59.7 Å². The molecule has 0 saturated carbocycles. The molecule has 4 aromatic carbocycles. The molecule has 1 amide bonds. The highest BCUT2D eigenvalue weighted by Gasteiger charge is 2.53. The smallest absolute Gasteiger partial charge is 0.266 e. The summed E-state index contributed by atoms with van der Waals surface area (Å²) in [6.07, 6.45) is -0.196. The standard InChI is InChI=1S/C37H40N6O7/c1-46-30-20-32(47-2)31(33(21-30)48-3)24-39-42-36(45)37(22-27-12-7-8-13-28(27)23-40-43-38)34(25-10-5-4-6-11-25)50-35(41-37)26-14-16-29(17-15-26)49-19-9-18-44/h4-8,10-17,20-21,34,39,44H,9,18-19,22-24H2,1-3H3,(H,42,45)/t34-,37-/m0/s1. The van der Waals surface area contributed by atoms with Crippen molar-refractivity contribution < 1.29 is 33.6 Å². The summed E-state index contributed by atoms with van der Waals surface area (Å²) in [6, 6.07) is 27.6. The Hall–Kier alpha value is -5.75. The average molecular weight is 681 g/mol. The summed E-state index contributed by atoms with van der Waals surface area (Å²) < 4.78 is 28.9. The van der Waals surface area contributed by atoms with Crippen molar-refractivity contribution in [1.29, 1.82) is 0 Å². The van der Waals surface area contributed by atoms with Crippen molar-refractivity contribution in [1.82, 2.24) is 10.9 Å². The quantitative estimate of drug-likeness (QED) is 0.0426. The maximum Gasteiger partial charge on any atom is 0.266 e. The predicted octanol–water partition coefficient (Wildman–Crippen LogP) is 5.60. The second-order valence-electron chi connectivity index (χ2n) is 11.4. The number of rotatable bonds is 17. The van der Waals surface area contributed by atoms with Gasteiger partial charge in [-0.2, -0.15) is 0 Å². The number of aliphatic hydroxyl groups excluding tert-OH is 1. The van der Waals surface area contributed by atoms with E-state index >= 15 is 0 Å². The van der Waals surface area contributed by atoms with Gasteiger partial charge in [-0.05, 0) is 46.5 Å². The normalized spacial score (nSPS) is 16.4. The fourth-order valence-electron chi connectivity index (χ4n) is 5.77. The van der Waals surface area contributed by atoms with E-state index in [1.54, 1.807) is 45.6 Å². The van der Waals surface area contributed by atoms with Crippen LogP contribution in [-0.2, 0) is 29.0 Å². The molecule has 2 atom stereocenters. The minimum absolute atomic E-state index is 0.0375. The zero-order chi connectivity index (χ0) is 35.3. The van der Waals surface area contributed by atoms with Crippen LogP contribution in [0.2, 0.25) is 0 Å². The molecule has 1 aliphatic heterocycles. The number of methoxy groups -OCH3 is 3. The number of carbonyl (C=O) groups excluding carboxylic acids is 1. The summed E-state index contributed by atoms with van der Waals surface area (Å²) in [5.74, 6) is 2.05. The van der Waals surface area contributed by atoms with Crippen molar-refractivity contribution in [2.24, 2.45) is 10.1 Å². The largest absolute Gasteiger partial charge is 0.496 e. The van der Waals surface area contributed by atoms with Gasteiger partial charge in [0.1, 0.15) is 23.0 Å². The minimum atomic E-state index is -1.51.